The summed E-state index contributed by atoms with van der Waals surface area (Å²) in [7, 11) is 0. The number of hydrogen-bond donors (Lipinski definition) is 1. The SMILES string of the molecule is CC(C)C1CCC(C2(CO)CC2)CC1. The molecule has 1 heteroatoms. The van der Waals surface area contributed by atoms with E-state index < -0.39 is 0 Å². The van der Waals surface area contributed by atoms with E-state index >= 15 is 0 Å². The van der Waals surface area contributed by atoms with E-state index in [2.05, 4.69) is 13.8 Å². The Kier molecular flexibility index (Phi) is 2.88. The van der Waals surface area contributed by atoms with Crippen LogP contribution < -0.4 is 0 Å². The monoisotopic (exact) mass is 196 g/mol. The third-order valence-electron chi connectivity index (χ3n) is 4.79. The molecule has 0 bridgehead atoms. The lowest BCUT2D eigenvalue weighted by molar-refractivity contribution is 0.104. The predicted octanol–water partition coefficient (Wildman–Crippen LogP) is 3.22. The standard InChI is InChI=1S/C13H24O/c1-10(2)11-3-5-12(6-4-11)13(9-14)7-8-13/h10-12,14H,3-9H2,1-2H3. The topological polar surface area (TPSA) is 20.2 Å². The van der Waals surface area contributed by atoms with Crippen LogP contribution in [0.15, 0.2) is 0 Å². The molecule has 0 radical (unpaired) electrons. The first kappa shape index (κ1) is 10.5. The predicted molar refractivity (Wildman–Crippen MR) is 59.0 cm³/mol. The Balaban J connectivity index is 1.84. The fourth-order valence-electron chi connectivity index (χ4n) is 3.25. The first-order valence-corrected chi connectivity index (χ1v) is 6.29. The summed E-state index contributed by atoms with van der Waals surface area (Å²) in [6.45, 7) is 5.15. The third-order valence-corrected chi connectivity index (χ3v) is 4.79. The maximum atomic E-state index is 9.38. The molecule has 82 valence electrons. The van der Waals surface area contributed by atoms with Crippen LogP contribution in [0.4, 0.5) is 0 Å². The van der Waals surface area contributed by atoms with E-state index in [1.165, 1.54) is 38.5 Å². The summed E-state index contributed by atoms with van der Waals surface area (Å²) in [5.41, 5.74) is 0.391. The Hall–Kier alpha value is -0.0400. The van der Waals surface area contributed by atoms with E-state index in [1.807, 2.05) is 0 Å². The smallest absolute Gasteiger partial charge is 0.0490 e. The Morgan fingerprint density at radius 3 is 2.07 bits per heavy atom. The van der Waals surface area contributed by atoms with Gasteiger partial charge in [-0.2, -0.15) is 0 Å². The van der Waals surface area contributed by atoms with Crippen LogP contribution in [-0.2, 0) is 0 Å². The van der Waals surface area contributed by atoms with Gasteiger partial charge in [-0.25, -0.2) is 0 Å². The van der Waals surface area contributed by atoms with E-state index in [0.717, 1.165) is 17.8 Å². The van der Waals surface area contributed by atoms with Crippen molar-refractivity contribution in [3.8, 4) is 0 Å². The number of aliphatic hydroxyl groups is 1. The molecule has 2 saturated carbocycles. The highest BCUT2D eigenvalue weighted by Gasteiger charge is 2.49. The minimum absolute atomic E-state index is 0.391. The van der Waals surface area contributed by atoms with Crippen LogP contribution in [-0.4, -0.2) is 11.7 Å². The average molecular weight is 196 g/mol. The minimum atomic E-state index is 0.391. The molecule has 0 saturated heterocycles. The van der Waals surface area contributed by atoms with Crippen molar-refractivity contribution in [1.82, 2.24) is 0 Å². The molecule has 2 fully saturated rings. The largest absolute Gasteiger partial charge is 0.396 e. The molecule has 1 N–H and O–H groups in total. The van der Waals surface area contributed by atoms with Crippen LogP contribution in [0.5, 0.6) is 0 Å². The van der Waals surface area contributed by atoms with Crippen molar-refractivity contribution < 1.29 is 5.11 Å². The van der Waals surface area contributed by atoms with Gasteiger partial charge in [0.2, 0.25) is 0 Å². The molecule has 2 rings (SSSR count). The molecule has 2 aliphatic carbocycles. The zero-order valence-electron chi connectivity index (χ0n) is 9.63. The number of rotatable bonds is 3. The molecule has 0 aliphatic heterocycles. The molecular formula is C13H24O. The summed E-state index contributed by atoms with van der Waals surface area (Å²) in [6.07, 6.45) is 8.15. The summed E-state index contributed by atoms with van der Waals surface area (Å²) in [6, 6.07) is 0. The van der Waals surface area contributed by atoms with Gasteiger partial charge in [0.05, 0.1) is 0 Å². The molecule has 0 spiro atoms. The second-order valence-electron chi connectivity index (χ2n) is 5.88. The second-order valence-corrected chi connectivity index (χ2v) is 5.88. The van der Waals surface area contributed by atoms with Gasteiger partial charge in [-0.3, -0.25) is 0 Å². The molecule has 0 aromatic carbocycles. The normalized spacial score (nSPS) is 36.0. The Bertz CT molecular complexity index is 185. The van der Waals surface area contributed by atoms with Crippen LogP contribution in [0.3, 0.4) is 0 Å². The highest BCUT2D eigenvalue weighted by atomic mass is 16.3. The van der Waals surface area contributed by atoms with Crippen molar-refractivity contribution in [3.05, 3.63) is 0 Å². The summed E-state index contributed by atoms with van der Waals surface area (Å²) < 4.78 is 0. The van der Waals surface area contributed by atoms with E-state index in [4.69, 9.17) is 0 Å². The number of hydrogen-bond acceptors (Lipinski definition) is 1. The van der Waals surface area contributed by atoms with Gasteiger partial charge in [-0.15, -0.1) is 0 Å². The van der Waals surface area contributed by atoms with Crippen molar-refractivity contribution in [2.24, 2.45) is 23.2 Å². The molecule has 14 heavy (non-hydrogen) atoms. The average Bonchev–Trinajstić information content (AvgIpc) is 2.99. The minimum Gasteiger partial charge on any atom is -0.396 e. The lowest BCUT2D eigenvalue weighted by Crippen LogP contribution is -2.27. The van der Waals surface area contributed by atoms with Crippen LogP contribution in [0.1, 0.15) is 52.4 Å². The van der Waals surface area contributed by atoms with Crippen molar-refractivity contribution in [1.29, 1.82) is 0 Å². The van der Waals surface area contributed by atoms with Crippen molar-refractivity contribution in [2.75, 3.05) is 6.61 Å². The first-order valence-electron chi connectivity index (χ1n) is 6.29. The van der Waals surface area contributed by atoms with E-state index in [9.17, 15) is 5.11 Å². The first-order chi connectivity index (χ1) is 6.68. The molecule has 0 amide bonds. The number of aliphatic hydroxyl groups excluding tert-OH is 1. The van der Waals surface area contributed by atoms with E-state index in [0.29, 0.717) is 12.0 Å². The van der Waals surface area contributed by atoms with Gasteiger partial charge in [-0.1, -0.05) is 13.8 Å². The van der Waals surface area contributed by atoms with Crippen molar-refractivity contribution >= 4 is 0 Å². The molecule has 0 heterocycles. The van der Waals surface area contributed by atoms with Gasteiger partial charge in [0, 0.05) is 6.61 Å². The molecule has 0 aromatic rings. The Morgan fingerprint density at radius 2 is 1.71 bits per heavy atom. The van der Waals surface area contributed by atoms with Crippen LogP contribution in [0.2, 0.25) is 0 Å². The second kappa shape index (κ2) is 3.84. The fraction of sp³-hybridized carbons (Fsp3) is 1.00. The summed E-state index contributed by atoms with van der Waals surface area (Å²) in [5.74, 6) is 2.67. The van der Waals surface area contributed by atoms with Gasteiger partial charge in [0.15, 0.2) is 0 Å². The highest BCUT2D eigenvalue weighted by molar-refractivity contribution is 4.99. The van der Waals surface area contributed by atoms with Crippen LogP contribution >= 0.6 is 0 Å². The fourth-order valence-corrected chi connectivity index (χ4v) is 3.25. The summed E-state index contributed by atoms with van der Waals surface area (Å²) in [5, 5.41) is 9.38. The third kappa shape index (κ3) is 1.84. The molecule has 0 atom stereocenters. The molecule has 1 nitrogen and oxygen atoms in total. The molecule has 2 aliphatic rings. The van der Waals surface area contributed by atoms with Crippen LogP contribution in [0, 0.1) is 23.2 Å². The molecule has 0 aromatic heterocycles. The summed E-state index contributed by atoms with van der Waals surface area (Å²) >= 11 is 0. The van der Waals surface area contributed by atoms with E-state index in [1.54, 1.807) is 0 Å². The lowest BCUT2D eigenvalue weighted by atomic mass is 9.71. The van der Waals surface area contributed by atoms with Gasteiger partial charge in [0.25, 0.3) is 0 Å². The van der Waals surface area contributed by atoms with Gasteiger partial charge in [0.1, 0.15) is 0 Å². The lowest BCUT2D eigenvalue weighted by Gasteiger charge is -2.35. The van der Waals surface area contributed by atoms with Gasteiger partial charge in [-0.05, 0) is 61.7 Å². The quantitative estimate of drug-likeness (QED) is 0.735. The zero-order chi connectivity index (χ0) is 10.2. The zero-order valence-corrected chi connectivity index (χ0v) is 9.63. The van der Waals surface area contributed by atoms with Crippen molar-refractivity contribution in [3.63, 3.8) is 0 Å². The maximum Gasteiger partial charge on any atom is 0.0490 e. The maximum absolute atomic E-state index is 9.38. The van der Waals surface area contributed by atoms with E-state index in [-0.39, 0.29) is 0 Å². The summed E-state index contributed by atoms with van der Waals surface area (Å²) in [4.78, 5) is 0. The molecular weight excluding hydrogens is 172 g/mol. The van der Waals surface area contributed by atoms with Gasteiger partial charge >= 0.3 is 0 Å². The molecule has 0 unspecified atom stereocenters. The Labute approximate surface area is 87.9 Å². The van der Waals surface area contributed by atoms with Crippen LogP contribution in [0.25, 0.3) is 0 Å². The van der Waals surface area contributed by atoms with Gasteiger partial charge < -0.3 is 5.11 Å². The Morgan fingerprint density at radius 1 is 1.14 bits per heavy atom. The van der Waals surface area contributed by atoms with Crippen molar-refractivity contribution in [2.45, 2.75) is 52.4 Å². The highest BCUT2D eigenvalue weighted by Crippen LogP contribution is 2.56.